The molecule has 0 spiro atoms. The Morgan fingerprint density at radius 3 is 2.92 bits per heavy atom. The molecule has 0 atom stereocenters. The summed E-state index contributed by atoms with van der Waals surface area (Å²) in [6.07, 6.45) is 1.09. The fourth-order valence-electron chi connectivity index (χ4n) is 1.34. The van der Waals surface area contributed by atoms with Gasteiger partial charge in [0, 0.05) is 5.56 Å². The number of hydrogen-bond donors (Lipinski definition) is 1. The predicted octanol–water partition coefficient (Wildman–Crippen LogP) is 0.820. The zero-order chi connectivity index (χ0) is 8.72. The van der Waals surface area contributed by atoms with Gasteiger partial charge in [0.05, 0.1) is 0 Å². The summed E-state index contributed by atoms with van der Waals surface area (Å²) in [4.78, 5) is 0. The first kappa shape index (κ1) is 6.97. The first-order valence-corrected chi connectivity index (χ1v) is 3.59. The van der Waals surface area contributed by atoms with Crippen LogP contribution >= 0.6 is 0 Å². The van der Waals surface area contributed by atoms with Crippen molar-refractivity contribution in [3.63, 3.8) is 0 Å². The van der Waals surface area contributed by atoms with Crippen LogP contribution in [0.25, 0.3) is 11.0 Å². The van der Waals surface area contributed by atoms with E-state index < -0.39 is 0 Å². The molecule has 4 nitrogen and oxygen atoms in total. The Kier molecular flexibility index (Phi) is 1.24. The zero-order valence-corrected chi connectivity index (χ0v) is 6.56. The van der Waals surface area contributed by atoms with E-state index in [4.69, 9.17) is 0 Å². The molecular weight excluding hydrogens is 156 g/mol. The minimum Gasteiger partial charge on any atom is -0.710 e. The number of hydrogen-bond acceptors (Lipinski definition) is 2. The second-order valence-electron chi connectivity index (χ2n) is 2.73. The fourth-order valence-corrected chi connectivity index (χ4v) is 1.34. The molecule has 0 saturated heterocycles. The lowest BCUT2D eigenvalue weighted by atomic mass is 10.2. The summed E-state index contributed by atoms with van der Waals surface area (Å²) in [7, 11) is 0. The van der Waals surface area contributed by atoms with E-state index in [1.54, 1.807) is 12.1 Å². The molecule has 1 aromatic heterocycles. The van der Waals surface area contributed by atoms with Gasteiger partial charge in [0.15, 0.2) is 5.52 Å². The Morgan fingerprint density at radius 2 is 2.25 bits per heavy atom. The van der Waals surface area contributed by atoms with E-state index in [-0.39, 0.29) is 0 Å². The molecule has 1 heterocycles. The van der Waals surface area contributed by atoms with Gasteiger partial charge in [-0.1, -0.05) is 12.1 Å². The number of aromatic nitrogens is 2. The molecule has 0 aliphatic rings. The van der Waals surface area contributed by atoms with Crippen molar-refractivity contribution < 1.29 is 9.94 Å². The van der Waals surface area contributed by atoms with Crippen molar-refractivity contribution in [2.75, 3.05) is 0 Å². The molecule has 0 aliphatic carbocycles. The Balaban J connectivity index is 2.99. The van der Waals surface area contributed by atoms with Crippen LogP contribution in [-0.2, 0) is 0 Å². The lowest BCUT2D eigenvalue weighted by molar-refractivity contribution is -0.579. The molecule has 62 valence electrons. The van der Waals surface area contributed by atoms with E-state index in [9.17, 15) is 10.4 Å². The van der Waals surface area contributed by atoms with Crippen LogP contribution in [0.4, 0.5) is 0 Å². The van der Waals surface area contributed by atoms with Crippen LogP contribution in [0.15, 0.2) is 24.5 Å². The molecule has 4 heteroatoms. The number of nitrogens with zero attached hydrogens (tertiary/aromatic N) is 2. The molecule has 0 fully saturated rings. The Labute approximate surface area is 68.8 Å². The van der Waals surface area contributed by atoms with Gasteiger partial charge in [-0.15, -0.1) is 0 Å². The van der Waals surface area contributed by atoms with Crippen LogP contribution < -0.4 is 4.73 Å². The van der Waals surface area contributed by atoms with E-state index in [1.807, 2.05) is 13.0 Å². The van der Waals surface area contributed by atoms with Crippen LogP contribution in [0, 0.1) is 12.1 Å². The number of benzene rings is 1. The van der Waals surface area contributed by atoms with Crippen molar-refractivity contribution in [1.29, 1.82) is 0 Å². The normalized spacial score (nSPS) is 10.8. The number of aryl methyl sites for hydroxylation is 1. The molecule has 0 unspecified atom stereocenters. The summed E-state index contributed by atoms with van der Waals surface area (Å²) >= 11 is 0. The minimum atomic E-state index is 0.484. The van der Waals surface area contributed by atoms with Gasteiger partial charge in [0.1, 0.15) is 0 Å². The van der Waals surface area contributed by atoms with Crippen molar-refractivity contribution in [2.24, 2.45) is 0 Å². The standard InChI is InChI=1S/C8H8N2O2/c1-6-3-2-4-7-8(6)10(12)5-9(7)11/h2-5,12H,1H3. The van der Waals surface area contributed by atoms with Gasteiger partial charge in [0.25, 0.3) is 6.33 Å². The van der Waals surface area contributed by atoms with Crippen LogP contribution in [0.3, 0.4) is 0 Å². The lowest BCUT2D eigenvalue weighted by Crippen LogP contribution is -2.22. The molecule has 0 amide bonds. The van der Waals surface area contributed by atoms with Crippen molar-refractivity contribution in [1.82, 2.24) is 4.73 Å². The molecule has 2 rings (SSSR count). The maximum absolute atomic E-state index is 11.1. The third kappa shape index (κ3) is 0.747. The molecule has 1 N–H and O–H groups in total. The van der Waals surface area contributed by atoms with Gasteiger partial charge >= 0.3 is 0 Å². The predicted molar refractivity (Wildman–Crippen MR) is 42.8 cm³/mol. The fraction of sp³-hybridized carbons (Fsp3) is 0.125. The maximum Gasteiger partial charge on any atom is 0.288 e. The first-order chi connectivity index (χ1) is 5.70. The van der Waals surface area contributed by atoms with Gasteiger partial charge in [-0.2, -0.15) is 0 Å². The monoisotopic (exact) mass is 164 g/mol. The van der Waals surface area contributed by atoms with Crippen molar-refractivity contribution >= 4 is 11.0 Å². The van der Waals surface area contributed by atoms with Gasteiger partial charge in [-0.25, -0.2) is 4.73 Å². The van der Waals surface area contributed by atoms with Crippen molar-refractivity contribution in [3.8, 4) is 0 Å². The first-order valence-electron chi connectivity index (χ1n) is 3.59. The zero-order valence-electron chi connectivity index (χ0n) is 6.56. The van der Waals surface area contributed by atoms with E-state index >= 15 is 0 Å². The summed E-state index contributed by atoms with van der Waals surface area (Å²) in [6, 6.07) is 5.29. The summed E-state index contributed by atoms with van der Waals surface area (Å²) in [5.41, 5.74) is 1.93. The average molecular weight is 164 g/mol. The molecule has 12 heavy (non-hydrogen) atoms. The van der Waals surface area contributed by atoms with Gasteiger partial charge in [-0.3, -0.25) is 0 Å². The van der Waals surface area contributed by atoms with Gasteiger partial charge in [0.2, 0.25) is 5.52 Å². The van der Waals surface area contributed by atoms with Crippen molar-refractivity contribution in [2.45, 2.75) is 6.92 Å². The lowest BCUT2D eigenvalue weighted by Gasteiger charge is -1.94. The highest BCUT2D eigenvalue weighted by Gasteiger charge is 2.12. The van der Waals surface area contributed by atoms with Crippen molar-refractivity contribution in [3.05, 3.63) is 35.3 Å². The molecule has 0 radical (unpaired) electrons. The van der Waals surface area contributed by atoms with E-state index in [0.717, 1.165) is 16.6 Å². The second kappa shape index (κ2) is 2.14. The Bertz CT molecular complexity index is 434. The number of fused-ring (bicyclic) bond motifs is 1. The summed E-state index contributed by atoms with van der Waals surface area (Å²) in [5.74, 6) is 0. The third-order valence-electron chi connectivity index (χ3n) is 1.90. The highest BCUT2D eigenvalue weighted by molar-refractivity contribution is 5.75. The summed E-state index contributed by atoms with van der Waals surface area (Å²) < 4.78 is 1.49. The van der Waals surface area contributed by atoms with Crippen LogP contribution in [-0.4, -0.2) is 9.94 Å². The largest absolute Gasteiger partial charge is 0.710 e. The molecule has 0 aliphatic heterocycles. The highest BCUT2D eigenvalue weighted by Crippen LogP contribution is 2.13. The maximum atomic E-state index is 11.1. The third-order valence-corrected chi connectivity index (χ3v) is 1.90. The quantitative estimate of drug-likeness (QED) is 0.356. The number of imidazole rings is 1. The Hall–Kier alpha value is -1.71. The van der Waals surface area contributed by atoms with Crippen LogP contribution in [0.2, 0.25) is 0 Å². The SMILES string of the molecule is Cc1cccc2c1n(O)c[n+]2[O-]. The minimum absolute atomic E-state index is 0.484. The van der Waals surface area contributed by atoms with Crippen LogP contribution in [0.1, 0.15) is 5.56 Å². The topological polar surface area (TPSA) is 52.1 Å². The molecule has 0 saturated carbocycles. The number of rotatable bonds is 0. The molecule has 2 aromatic rings. The second-order valence-corrected chi connectivity index (χ2v) is 2.73. The highest BCUT2D eigenvalue weighted by atomic mass is 16.5. The average Bonchev–Trinajstić information content (AvgIpc) is 2.29. The summed E-state index contributed by atoms with van der Waals surface area (Å²) in [6.45, 7) is 1.84. The van der Waals surface area contributed by atoms with E-state index in [1.165, 1.54) is 0 Å². The summed E-state index contributed by atoms with van der Waals surface area (Å²) in [5, 5.41) is 20.4. The van der Waals surface area contributed by atoms with Crippen LogP contribution in [0.5, 0.6) is 0 Å². The van der Waals surface area contributed by atoms with E-state index in [0.29, 0.717) is 15.8 Å². The molecular formula is C8H8N2O2. The van der Waals surface area contributed by atoms with Gasteiger partial charge in [-0.05, 0) is 17.7 Å². The van der Waals surface area contributed by atoms with Gasteiger partial charge < -0.3 is 10.4 Å². The number of para-hydroxylation sites is 1. The van der Waals surface area contributed by atoms with E-state index in [2.05, 4.69) is 0 Å². The molecule has 1 aromatic carbocycles. The molecule has 0 bridgehead atoms. The smallest absolute Gasteiger partial charge is 0.288 e. The Morgan fingerprint density at radius 1 is 1.50 bits per heavy atom.